The Bertz CT molecular complexity index is 380. The number of carbonyl (C=O) groups excluding carboxylic acids is 1. The zero-order valence-electron chi connectivity index (χ0n) is 10.0. The van der Waals surface area contributed by atoms with E-state index in [0.29, 0.717) is 0 Å². The lowest BCUT2D eigenvalue weighted by Crippen LogP contribution is -2.29. The van der Waals surface area contributed by atoms with E-state index in [1.54, 1.807) is 0 Å². The zero-order chi connectivity index (χ0) is 12.3. The van der Waals surface area contributed by atoms with Crippen LogP contribution in [0.4, 0.5) is 0 Å². The minimum absolute atomic E-state index is 0.0118. The van der Waals surface area contributed by atoms with E-state index in [1.807, 2.05) is 37.4 Å². The summed E-state index contributed by atoms with van der Waals surface area (Å²) < 4.78 is 5.39. The summed E-state index contributed by atoms with van der Waals surface area (Å²) in [6.07, 6.45) is 0.881. The van der Waals surface area contributed by atoms with Gasteiger partial charge in [0, 0.05) is 13.1 Å². The lowest BCUT2D eigenvalue weighted by Gasteiger charge is -2.16. The lowest BCUT2D eigenvalue weighted by atomic mass is 10.1. The normalized spacial score (nSPS) is 22.4. The lowest BCUT2D eigenvalue weighted by molar-refractivity contribution is -0.150. The third-order valence-electron chi connectivity index (χ3n) is 3.04. The summed E-state index contributed by atoms with van der Waals surface area (Å²) in [7, 11) is 2.02. The van der Waals surface area contributed by atoms with Crippen molar-refractivity contribution in [1.82, 2.24) is 4.90 Å². The molecule has 1 heterocycles. The predicted octanol–water partition coefficient (Wildman–Crippen LogP) is 0.934. The molecular weight excluding hydrogens is 216 g/mol. The van der Waals surface area contributed by atoms with Gasteiger partial charge in [0.2, 0.25) is 0 Å². The maximum absolute atomic E-state index is 11.8. The van der Waals surface area contributed by atoms with Gasteiger partial charge >= 0.3 is 5.97 Å². The Morgan fingerprint density at radius 1 is 1.47 bits per heavy atom. The molecule has 1 fully saturated rings. The number of carbonyl (C=O) groups is 1. The van der Waals surface area contributed by atoms with Crippen LogP contribution in [0.2, 0.25) is 0 Å². The van der Waals surface area contributed by atoms with Crippen LogP contribution >= 0.6 is 0 Å². The second kappa shape index (κ2) is 5.29. The van der Waals surface area contributed by atoms with Crippen molar-refractivity contribution in [2.24, 2.45) is 5.73 Å². The third-order valence-corrected chi connectivity index (χ3v) is 3.04. The van der Waals surface area contributed by atoms with Crippen molar-refractivity contribution in [3.05, 3.63) is 35.9 Å². The highest BCUT2D eigenvalue weighted by atomic mass is 16.5. The number of likely N-dealkylation sites (N-methyl/N-ethyl adjacent to an activating group) is 1. The van der Waals surface area contributed by atoms with Gasteiger partial charge in [-0.1, -0.05) is 30.3 Å². The molecule has 92 valence electrons. The summed E-state index contributed by atoms with van der Waals surface area (Å²) in [4.78, 5) is 14.0. The van der Waals surface area contributed by atoms with Crippen molar-refractivity contribution >= 4 is 5.97 Å². The average Bonchev–Trinajstić information content (AvgIpc) is 2.75. The summed E-state index contributed by atoms with van der Waals surface area (Å²) in [5.74, 6) is -0.337. The van der Waals surface area contributed by atoms with Gasteiger partial charge in [-0.25, -0.2) is 4.79 Å². The van der Waals surface area contributed by atoms with Crippen molar-refractivity contribution in [1.29, 1.82) is 0 Å². The van der Waals surface area contributed by atoms with Crippen LogP contribution in [0.15, 0.2) is 30.3 Å². The fraction of sp³-hybridized carbons (Fsp3) is 0.462. The molecule has 0 saturated carbocycles. The van der Waals surface area contributed by atoms with E-state index in [0.717, 1.165) is 25.1 Å². The van der Waals surface area contributed by atoms with Gasteiger partial charge in [-0.3, -0.25) is 0 Å². The van der Waals surface area contributed by atoms with Crippen molar-refractivity contribution < 1.29 is 9.53 Å². The summed E-state index contributed by atoms with van der Waals surface area (Å²) in [6.45, 7) is 1.77. The number of hydrogen-bond acceptors (Lipinski definition) is 4. The Morgan fingerprint density at radius 2 is 2.18 bits per heavy atom. The summed E-state index contributed by atoms with van der Waals surface area (Å²) >= 11 is 0. The molecule has 0 aliphatic carbocycles. The van der Waals surface area contributed by atoms with Crippen LogP contribution in [0.25, 0.3) is 0 Å². The van der Waals surface area contributed by atoms with Crippen LogP contribution in [-0.4, -0.2) is 37.1 Å². The Morgan fingerprint density at radius 3 is 2.76 bits per heavy atom. The Hall–Kier alpha value is -1.39. The van der Waals surface area contributed by atoms with E-state index < -0.39 is 6.04 Å². The molecule has 0 spiro atoms. The van der Waals surface area contributed by atoms with E-state index >= 15 is 0 Å². The topological polar surface area (TPSA) is 55.6 Å². The summed E-state index contributed by atoms with van der Waals surface area (Å²) in [5, 5.41) is 0. The molecule has 0 radical (unpaired) electrons. The molecule has 0 bridgehead atoms. The van der Waals surface area contributed by atoms with E-state index in [1.165, 1.54) is 0 Å². The van der Waals surface area contributed by atoms with Crippen LogP contribution in [-0.2, 0) is 9.53 Å². The molecule has 17 heavy (non-hydrogen) atoms. The van der Waals surface area contributed by atoms with Crippen LogP contribution < -0.4 is 5.73 Å². The van der Waals surface area contributed by atoms with Gasteiger partial charge < -0.3 is 15.4 Å². The minimum Gasteiger partial charge on any atom is -0.460 e. The molecule has 0 aromatic heterocycles. The minimum atomic E-state index is -0.679. The number of likely N-dealkylation sites (tertiary alicyclic amines) is 1. The number of nitrogens with zero attached hydrogens (tertiary/aromatic N) is 1. The molecule has 1 saturated heterocycles. The van der Waals surface area contributed by atoms with Crippen molar-refractivity contribution in [3.8, 4) is 0 Å². The van der Waals surface area contributed by atoms with Gasteiger partial charge in [0.05, 0.1) is 0 Å². The van der Waals surface area contributed by atoms with Crippen molar-refractivity contribution in [2.75, 3.05) is 20.1 Å². The maximum Gasteiger partial charge on any atom is 0.327 e. The molecule has 1 aliphatic heterocycles. The molecule has 1 aromatic carbocycles. The SMILES string of the molecule is CN1CC[C@@H](OC(=O)C(N)c2ccccc2)C1. The first kappa shape index (κ1) is 12.1. The van der Waals surface area contributed by atoms with Gasteiger partial charge in [0.25, 0.3) is 0 Å². The molecule has 1 aromatic rings. The molecule has 2 atom stereocenters. The predicted molar refractivity (Wildman–Crippen MR) is 65.4 cm³/mol. The monoisotopic (exact) mass is 234 g/mol. The number of esters is 1. The number of nitrogens with two attached hydrogens (primary N) is 1. The zero-order valence-corrected chi connectivity index (χ0v) is 10.0. The highest BCUT2D eigenvalue weighted by Gasteiger charge is 2.26. The third kappa shape index (κ3) is 3.05. The Labute approximate surface area is 101 Å². The molecular formula is C13H18N2O2. The highest BCUT2D eigenvalue weighted by molar-refractivity contribution is 5.77. The number of hydrogen-bond donors (Lipinski definition) is 1. The highest BCUT2D eigenvalue weighted by Crippen LogP contribution is 2.16. The van der Waals surface area contributed by atoms with E-state index in [-0.39, 0.29) is 12.1 Å². The van der Waals surface area contributed by atoms with E-state index in [9.17, 15) is 4.79 Å². The number of rotatable bonds is 3. The molecule has 2 N–H and O–H groups in total. The standard InChI is InChI=1S/C13H18N2O2/c1-15-8-7-11(9-15)17-13(16)12(14)10-5-3-2-4-6-10/h2-6,11-12H,7-9,14H2,1H3/t11-,12?/m1/s1. The van der Waals surface area contributed by atoms with Gasteiger partial charge in [-0.05, 0) is 19.0 Å². The van der Waals surface area contributed by atoms with Crippen LogP contribution in [0.5, 0.6) is 0 Å². The molecule has 2 rings (SSSR count). The number of benzene rings is 1. The van der Waals surface area contributed by atoms with Gasteiger partial charge in [0.1, 0.15) is 12.1 Å². The fourth-order valence-electron chi connectivity index (χ4n) is 2.02. The van der Waals surface area contributed by atoms with Gasteiger partial charge in [-0.15, -0.1) is 0 Å². The molecule has 4 nitrogen and oxygen atoms in total. The molecule has 4 heteroatoms. The van der Waals surface area contributed by atoms with Crippen molar-refractivity contribution in [2.45, 2.75) is 18.6 Å². The Balaban J connectivity index is 1.92. The molecule has 1 aliphatic rings. The largest absolute Gasteiger partial charge is 0.460 e. The molecule has 1 unspecified atom stereocenters. The Kier molecular flexibility index (Phi) is 3.76. The van der Waals surface area contributed by atoms with Gasteiger partial charge in [0.15, 0.2) is 0 Å². The quantitative estimate of drug-likeness (QED) is 0.791. The fourth-order valence-corrected chi connectivity index (χ4v) is 2.02. The number of ether oxygens (including phenoxy) is 1. The maximum atomic E-state index is 11.8. The smallest absolute Gasteiger partial charge is 0.327 e. The van der Waals surface area contributed by atoms with E-state index in [4.69, 9.17) is 10.5 Å². The molecule has 0 amide bonds. The van der Waals surface area contributed by atoms with Crippen LogP contribution in [0.1, 0.15) is 18.0 Å². The summed E-state index contributed by atoms with van der Waals surface area (Å²) in [6, 6.07) is 8.63. The first-order chi connectivity index (χ1) is 8.16. The first-order valence-corrected chi connectivity index (χ1v) is 5.86. The van der Waals surface area contributed by atoms with Crippen LogP contribution in [0.3, 0.4) is 0 Å². The van der Waals surface area contributed by atoms with Crippen molar-refractivity contribution in [3.63, 3.8) is 0 Å². The second-order valence-corrected chi connectivity index (χ2v) is 4.50. The van der Waals surface area contributed by atoms with Crippen LogP contribution in [0, 0.1) is 0 Å². The van der Waals surface area contributed by atoms with E-state index in [2.05, 4.69) is 4.90 Å². The van der Waals surface area contributed by atoms with Gasteiger partial charge in [-0.2, -0.15) is 0 Å². The first-order valence-electron chi connectivity index (χ1n) is 5.86. The second-order valence-electron chi connectivity index (χ2n) is 4.50. The average molecular weight is 234 g/mol. The summed E-state index contributed by atoms with van der Waals surface area (Å²) in [5.41, 5.74) is 6.66.